The summed E-state index contributed by atoms with van der Waals surface area (Å²) in [5.74, 6) is 0.847. The summed E-state index contributed by atoms with van der Waals surface area (Å²) < 4.78 is 5.33. The number of carbonyl (C=O) groups is 1. The fourth-order valence-corrected chi connectivity index (χ4v) is 2.14. The zero-order chi connectivity index (χ0) is 14.5. The normalized spacial score (nSPS) is 16.9. The van der Waals surface area contributed by atoms with E-state index in [1.165, 1.54) is 0 Å². The predicted octanol–water partition coefficient (Wildman–Crippen LogP) is 0.902. The first kappa shape index (κ1) is 14.7. The van der Waals surface area contributed by atoms with E-state index in [-0.39, 0.29) is 11.9 Å². The van der Waals surface area contributed by atoms with E-state index in [0.717, 1.165) is 43.5 Å². The van der Waals surface area contributed by atoms with Crippen molar-refractivity contribution in [2.75, 3.05) is 36.5 Å². The van der Waals surface area contributed by atoms with Crippen LogP contribution in [0.2, 0.25) is 0 Å². The second-order valence-corrected chi connectivity index (χ2v) is 5.13. The molecule has 3 N–H and O–H groups in total. The molecular weight excluding hydrogens is 256 g/mol. The number of carbonyl (C=O) groups excluding carboxylic acids is 1. The molecule has 1 atom stereocenters. The largest absolute Gasteiger partial charge is 0.378 e. The van der Waals surface area contributed by atoms with Gasteiger partial charge in [-0.2, -0.15) is 0 Å². The Bertz CT molecular complexity index is 470. The van der Waals surface area contributed by atoms with Gasteiger partial charge in [0.1, 0.15) is 5.82 Å². The van der Waals surface area contributed by atoms with Gasteiger partial charge < -0.3 is 20.7 Å². The van der Waals surface area contributed by atoms with Crippen LogP contribution in [0.3, 0.4) is 0 Å². The third-order valence-electron chi connectivity index (χ3n) is 3.19. The van der Waals surface area contributed by atoms with E-state index >= 15 is 0 Å². The molecule has 1 aliphatic heterocycles. The minimum absolute atomic E-state index is 0.0796. The molecular formula is C14H22N4O2. The fourth-order valence-electron chi connectivity index (χ4n) is 2.14. The van der Waals surface area contributed by atoms with Crippen molar-refractivity contribution in [2.24, 2.45) is 5.73 Å². The van der Waals surface area contributed by atoms with Crippen LogP contribution in [0.1, 0.15) is 19.0 Å². The molecule has 2 heterocycles. The number of anilines is 2. The molecule has 0 radical (unpaired) electrons. The monoisotopic (exact) mass is 278 g/mol. The first-order valence-corrected chi connectivity index (χ1v) is 6.92. The molecule has 20 heavy (non-hydrogen) atoms. The Labute approximate surface area is 119 Å². The number of amides is 1. The van der Waals surface area contributed by atoms with E-state index in [1.807, 2.05) is 26.0 Å². The maximum atomic E-state index is 11.7. The molecule has 6 nitrogen and oxygen atoms in total. The highest BCUT2D eigenvalue weighted by Crippen LogP contribution is 2.19. The second kappa shape index (κ2) is 6.67. The molecule has 0 saturated carbocycles. The van der Waals surface area contributed by atoms with E-state index in [2.05, 4.69) is 15.2 Å². The number of ether oxygens (including phenoxy) is 1. The average Bonchev–Trinajstić information content (AvgIpc) is 2.41. The fraction of sp³-hybridized carbons (Fsp3) is 0.571. The van der Waals surface area contributed by atoms with Crippen molar-refractivity contribution in [1.29, 1.82) is 0 Å². The van der Waals surface area contributed by atoms with Gasteiger partial charge in [-0.1, -0.05) is 0 Å². The van der Waals surface area contributed by atoms with E-state index in [4.69, 9.17) is 10.5 Å². The highest BCUT2D eigenvalue weighted by Gasteiger charge is 2.14. The van der Waals surface area contributed by atoms with E-state index in [1.54, 1.807) is 0 Å². The number of rotatable bonds is 4. The standard InChI is InChI=1S/C14H22N4O2/c1-10(15)9-14(19)17-12-3-4-13(16-11(12)2)18-5-7-20-8-6-18/h3-4,10H,5-9,15H2,1-2H3,(H,17,19). The van der Waals surface area contributed by atoms with Crippen LogP contribution in [0.4, 0.5) is 11.5 Å². The average molecular weight is 278 g/mol. The maximum absolute atomic E-state index is 11.7. The lowest BCUT2D eigenvalue weighted by atomic mass is 10.2. The molecule has 1 aliphatic rings. The van der Waals surface area contributed by atoms with Crippen LogP contribution in [0.25, 0.3) is 0 Å². The van der Waals surface area contributed by atoms with Crippen molar-refractivity contribution in [3.63, 3.8) is 0 Å². The summed E-state index contributed by atoms with van der Waals surface area (Å²) in [5.41, 5.74) is 7.17. The van der Waals surface area contributed by atoms with E-state index in [0.29, 0.717) is 6.42 Å². The van der Waals surface area contributed by atoms with E-state index < -0.39 is 0 Å². The van der Waals surface area contributed by atoms with Crippen LogP contribution in [0, 0.1) is 6.92 Å². The zero-order valence-corrected chi connectivity index (χ0v) is 12.1. The number of pyridine rings is 1. The lowest BCUT2D eigenvalue weighted by molar-refractivity contribution is -0.116. The van der Waals surface area contributed by atoms with Crippen molar-refractivity contribution in [1.82, 2.24) is 4.98 Å². The number of aryl methyl sites for hydroxylation is 1. The van der Waals surface area contributed by atoms with Crippen LogP contribution < -0.4 is 16.0 Å². The molecule has 1 amide bonds. The molecule has 110 valence electrons. The molecule has 0 aliphatic carbocycles. The summed E-state index contributed by atoms with van der Waals surface area (Å²) in [7, 11) is 0. The number of hydrogen-bond donors (Lipinski definition) is 2. The van der Waals surface area contributed by atoms with E-state index in [9.17, 15) is 4.79 Å². The number of aromatic nitrogens is 1. The molecule has 0 bridgehead atoms. The number of nitrogens with one attached hydrogen (secondary N) is 1. The molecule has 0 spiro atoms. The summed E-state index contributed by atoms with van der Waals surface area (Å²) >= 11 is 0. The maximum Gasteiger partial charge on any atom is 0.225 e. The smallest absolute Gasteiger partial charge is 0.225 e. The van der Waals surface area contributed by atoms with Gasteiger partial charge >= 0.3 is 0 Å². The SMILES string of the molecule is Cc1nc(N2CCOCC2)ccc1NC(=O)CC(C)N. The number of morpholine rings is 1. The molecule has 2 rings (SSSR count). The minimum Gasteiger partial charge on any atom is -0.378 e. The van der Waals surface area contributed by atoms with Gasteiger partial charge in [-0.05, 0) is 26.0 Å². The van der Waals surface area contributed by atoms with Crippen LogP contribution in [0.15, 0.2) is 12.1 Å². The molecule has 1 fully saturated rings. The molecule has 1 aromatic heterocycles. The van der Waals surface area contributed by atoms with Crippen molar-refractivity contribution in [3.05, 3.63) is 17.8 Å². The Morgan fingerprint density at radius 2 is 2.20 bits per heavy atom. The van der Waals surface area contributed by atoms with Crippen LogP contribution in [0.5, 0.6) is 0 Å². The topological polar surface area (TPSA) is 80.5 Å². The molecule has 1 aromatic rings. The summed E-state index contributed by atoms with van der Waals surface area (Å²) in [6.07, 6.45) is 0.310. The van der Waals surface area contributed by atoms with Crippen molar-refractivity contribution >= 4 is 17.4 Å². The van der Waals surface area contributed by atoms with Gasteiger partial charge in [0.15, 0.2) is 0 Å². The van der Waals surface area contributed by atoms with Gasteiger partial charge in [0.05, 0.1) is 24.6 Å². The molecule has 0 aromatic carbocycles. The zero-order valence-electron chi connectivity index (χ0n) is 12.1. The van der Waals surface area contributed by atoms with Crippen LogP contribution >= 0.6 is 0 Å². The predicted molar refractivity (Wildman–Crippen MR) is 78.9 cm³/mol. The van der Waals surface area contributed by atoms with Crippen LogP contribution in [-0.4, -0.2) is 43.2 Å². The number of hydrogen-bond acceptors (Lipinski definition) is 5. The summed E-state index contributed by atoms with van der Waals surface area (Å²) in [5, 5.41) is 2.85. The highest BCUT2D eigenvalue weighted by atomic mass is 16.5. The van der Waals surface area contributed by atoms with Gasteiger partial charge in [-0.25, -0.2) is 4.98 Å². The molecule has 6 heteroatoms. The lowest BCUT2D eigenvalue weighted by Gasteiger charge is -2.28. The first-order valence-electron chi connectivity index (χ1n) is 6.92. The highest BCUT2D eigenvalue weighted by molar-refractivity contribution is 5.91. The van der Waals surface area contributed by atoms with Gasteiger partial charge in [0, 0.05) is 25.6 Å². The Morgan fingerprint density at radius 1 is 1.50 bits per heavy atom. The Kier molecular flexibility index (Phi) is 4.92. The Balaban J connectivity index is 2.03. The van der Waals surface area contributed by atoms with Crippen molar-refractivity contribution in [3.8, 4) is 0 Å². The van der Waals surface area contributed by atoms with Crippen molar-refractivity contribution < 1.29 is 9.53 Å². The number of nitrogens with zero attached hydrogens (tertiary/aromatic N) is 2. The van der Waals surface area contributed by atoms with Gasteiger partial charge in [-0.15, -0.1) is 0 Å². The van der Waals surface area contributed by atoms with Gasteiger partial charge in [-0.3, -0.25) is 4.79 Å². The third-order valence-corrected chi connectivity index (χ3v) is 3.19. The Morgan fingerprint density at radius 3 is 2.80 bits per heavy atom. The Hall–Kier alpha value is -1.66. The summed E-state index contributed by atoms with van der Waals surface area (Å²) in [4.78, 5) is 18.5. The van der Waals surface area contributed by atoms with Crippen LogP contribution in [-0.2, 0) is 9.53 Å². The first-order chi connectivity index (χ1) is 9.56. The number of nitrogens with two attached hydrogens (primary N) is 1. The molecule has 1 unspecified atom stereocenters. The third kappa shape index (κ3) is 3.91. The quantitative estimate of drug-likeness (QED) is 0.855. The van der Waals surface area contributed by atoms with Gasteiger partial charge in [0.2, 0.25) is 5.91 Å². The second-order valence-electron chi connectivity index (χ2n) is 5.13. The summed E-state index contributed by atoms with van der Waals surface area (Å²) in [6, 6.07) is 3.68. The molecule has 1 saturated heterocycles. The lowest BCUT2D eigenvalue weighted by Crippen LogP contribution is -2.36. The minimum atomic E-state index is -0.143. The van der Waals surface area contributed by atoms with Crippen molar-refractivity contribution in [2.45, 2.75) is 26.3 Å². The summed E-state index contributed by atoms with van der Waals surface area (Å²) in [6.45, 7) is 6.87. The van der Waals surface area contributed by atoms with Gasteiger partial charge in [0.25, 0.3) is 0 Å².